The van der Waals surface area contributed by atoms with Crippen molar-refractivity contribution in [1.29, 1.82) is 0 Å². The van der Waals surface area contributed by atoms with Gasteiger partial charge in [-0.3, -0.25) is 4.68 Å². The number of aryl methyl sites for hydroxylation is 1. The molecule has 1 aliphatic rings. The fourth-order valence-corrected chi connectivity index (χ4v) is 2.26. The van der Waals surface area contributed by atoms with Crippen LogP contribution in [0.25, 0.3) is 0 Å². The molecule has 0 aromatic carbocycles. The maximum atomic E-state index is 5.46. The summed E-state index contributed by atoms with van der Waals surface area (Å²) < 4.78 is 1.93. The third-order valence-electron chi connectivity index (χ3n) is 3.17. The molecule has 1 saturated carbocycles. The third kappa shape index (κ3) is 2.78. The van der Waals surface area contributed by atoms with Gasteiger partial charge in [-0.15, -0.1) is 5.10 Å². The van der Waals surface area contributed by atoms with Gasteiger partial charge in [0.15, 0.2) is 0 Å². The Kier molecular flexibility index (Phi) is 3.72. The van der Waals surface area contributed by atoms with Gasteiger partial charge in [0, 0.05) is 18.7 Å². The smallest absolute Gasteiger partial charge is 0.0857 e. The van der Waals surface area contributed by atoms with Gasteiger partial charge in [0.05, 0.1) is 5.69 Å². The second-order valence-electron chi connectivity index (χ2n) is 4.38. The number of nitrogens with zero attached hydrogens (tertiary/aromatic N) is 3. The normalized spacial score (nSPS) is 18.2. The van der Waals surface area contributed by atoms with Gasteiger partial charge in [0.25, 0.3) is 0 Å². The Morgan fingerprint density at radius 2 is 2.13 bits per heavy atom. The predicted molar refractivity (Wildman–Crippen MR) is 59.5 cm³/mol. The topological polar surface area (TPSA) is 56.7 Å². The van der Waals surface area contributed by atoms with E-state index in [9.17, 15) is 0 Å². The van der Waals surface area contributed by atoms with E-state index >= 15 is 0 Å². The van der Waals surface area contributed by atoms with Crippen molar-refractivity contribution in [2.24, 2.45) is 5.73 Å². The van der Waals surface area contributed by atoms with Crippen molar-refractivity contribution in [3.8, 4) is 0 Å². The fourth-order valence-electron chi connectivity index (χ4n) is 2.26. The number of hydrogen-bond acceptors (Lipinski definition) is 3. The summed E-state index contributed by atoms with van der Waals surface area (Å²) in [5.41, 5.74) is 6.65. The highest BCUT2D eigenvalue weighted by molar-refractivity contribution is 5.02. The van der Waals surface area contributed by atoms with Gasteiger partial charge in [-0.1, -0.05) is 24.5 Å². The first-order valence-corrected chi connectivity index (χ1v) is 6.00. The molecular formula is C11H20N4. The minimum atomic E-state index is 0.658. The van der Waals surface area contributed by atoms with E-state index in [2.05, 4.69) is 16.5 Å². The summed E-state index contributed by atoms with van der Waals surface area (Å²) in [5, 5.41) is 8.40. The van der Waals surface area contributed by atoms with Gasteiger partial charge in [-0.05, 0) is 25.8 Å². The Hall–Kier alpha value is -0.900. The fraction of sp³-hybridized carbons (Fsp3) is 0.818. The van der Waals surface area contributed by atoms with Crippen LogP contribution < -0.4 is 5.73 Å². The molecule has 2 rings (SSSR count). The van der Waals surface area contributed by atoms with Gasteiger partial charge in [0.2, 0.25) is 0 Å². The number of rotatable bonds is 4. The van der Waals surface area contributed by atoms with Crippen LogP contribution in [0.2, 0.25) is 0 Å². The molecular weight excluding hydrogens is 188 g/mol. The summed E-state index contributed by atoms with van der Waals surface area (Å²) in [5.74, 6) is 0.658. The van der Waals surface area contributed by atoms with Gasteiger partial charge < -0.3 is 5.73 Å². The molecule has 0 unspecified atom stereocenters. The van der Waals surface area contributed by atoms with E-state index in [4.69, 9.17) is 5.73 Å². The molecule has 84 valence electrons. The SMILES string of the molecule is NCCCn1cc(C2CCCCC2)nn1. The summed E-state index contributed by atoms with van der Waals surface area (Å²) in [7, 11) is 0. The number of aromatic nitrogens is 3. The minimum absolute atomic E-state index is 0.658. The van der Waals surface area contributed by atoms with Crippen molar-refractivity contribution in [1.82, 2.24) is 15.0 Å². The Labute approximate surface area is 90.8 Å². The first kappa shape index (κ1) is 10.6. The van der Waals surface area contributed by atoms with E-state index in [0.29, 0.717) is 5.92 Å². The van der Waals surface area contributed by atoms with E-state index in [1.807, 2.05) is 4.68 Å². The van der Waals surface area contributed by atoms with Crippen LogP contribution in [0.4, 0.5) is 0 Å². The molecule has 0 saturated heterocycles. The molecule has 0 aliphatic heterocycles. The maximum Gasteiger partial charge on any atom is 0.0857 e. The van der Waals surface area contributed by atoms with Crippen LogP contribution >= 0.6 is 0 Å². The van der Waals surface area contributed by atoms with Crippen LogP contribution in [0, 0.1) is 0 Å². The maximum absolute atomic E-state index is 5.46. The summed E-state index contributed by atoms with van der Waals surface area (Å²) >= 11 is 0. The van der Waals surface area contributed by atoms with Crippen molar-refractivity contribution >= 4 is 0 Å². The summed E-state index contributed by atoms with van der Waals surface area (Å²) in [6.07, 6.45) is 9.74. The molecule has 4 heteroatoms. The summed E-state index contributed by atoms with van der Waals surface area (Å²) in [4.78, 5) is 0. The molecule has 0 spiro atoms. The highest BCUT2D eigenvalue weighted by atomic mass is 15.4. The molecule has 1 aromatic heterocycles. The zero-order valence-electron chi connectivity index (χ0n) is 9.23. The zero-order valence-corrected chi connectivity index (χ0v) is 9.23. The van der Waals surface area contributed by atoms with Gasteiger partial charge in [-0.2, -0.15) is 0 Å². The van der Waals surface area contributed by atoms with Crippen molar-refractivity contribution in [2.45, 2.75) is 51.0 Å². The molecule has 0 bridgehead atoms. The lowest BCUT2D eigenvalue weighted by Crippen LogP contribution is -2.06. The van der Waals surface area contributed by atoms with E-state index in [-0.39, 0.29) is 0 Å². The van der Waals surface area contributed by atoms with Crippen LogP contribution in [0.3, 0.4) is 0 Å². The van der Waals surface area contributed by atoms with Gasteiger partial charge in [0.1, 0.15) is 0 Å². The molecule has 0 radical (unpaired) electrons. The lowest BCUT2D eigenvalue weighted by Gasteiger charge is -2.18. The van der Waals surface area contributed by atoms with Crippen LogP contribution in [-0.4, -0.2) is 21.5 Å². The molecule has 15 heavy (non-hydrogen) atoms. The van der Waals surface area contributed by atoms with Crippen LogP contribution in [0.15, 0.2) is 6.20 Å². The predicted octanol–water partition coefficient (Wildman–Crippen LogP) is 1.67. The Morgan fingerprint density at radius 1 is 1.33 bits per heavy atom. The largest absolute Gasteiger partial charge is 0.330 e. The molecule has 0 amide bonds. The third-order valence-corrected chi connectivity index (χ3v) is 3.17. The van der Waals surface area contributed by atoms with Gasteiger partial charge in [-0.25, -0.2) is 0 Å². The lowest BCUT2D eigenvalue weighted by atomic mass is 9.87. The van der Waals surface area contributed by atoms with Crippen molar-refractivity contribution in [3.63, 3.8) is 0 Å². The van der Waals surface area contributed by atoms with Crippen molar-refractivity contribution in [2.75, 3.05) is 6.54 Å². The summed E-state index contributed by atoms with van der Waals surface area (Å²) in [6.45, 7) is 1.62. The molecule has 1 fully saturated rings. The van der Waals surface area contributed by atoms with E-state index in [1.165, 1.54) is 37.8 Å². The molecule has 1 aliphatic carbocycles. The number of hydrogen-bond donors (Lipinski definition) is 1. The molecule has 0 atom stereocenters. The van der Waals surface area contributed by atoms with Crippen molar-refractivity contribution < 1.29 is 0 Å². The standard InChI is InChI=1S/C11H20N4/c12-7-4-8-15-9-11(13-14-15)10-5-2-1-3-6-10/h9-10H,1-8,12H2. The summed E-state index contributed by atoms with van der Waals surface area (Å²) in [6, 6.07) is 0. The lowest BCUT2D eigenvalue weighted by molar-refractivity contribution is 0.436. The Balaban J connectivity index is 1.93. The second-order valence-corrected chi connectivity index (χ2v) is 4.38. The van der Waals surface area contributed by atoms with E-state index in [0.717, 1.165) is 19.5 Å². The first-order valence-electron chi connectivity index (χ1n) is 6.00. The highest BCUT2D eigenvalue weighted by Crippen LogP contribution is 2.30. The van der Waals surface area contributed by atoms with Gasteiger partial charge >= 0.3 is 0 Å². The first-order chi connectivity index (χ1) is 7.40. The van der Waals surface area contributed by atoms with Crippen LogP contribution in [-0.2, 0) is 6.54 Å². The Bertz CT molecular complexity index is 289. The number of nitrogens with two attached hydrogens (primary N) is 1. The van der Waals surface area contributed by atoms with E-state index in [1.54, 1.807) is 0 Å². The zero-order chi connectivity index (χ0) is 10.5. The molecule has 2 N–H and O–H groups in total. The Morgan fingerprint density at radius 3 is 2.87 bits per heavy atom. The second kappa shape index (κ2) is 5.26. The molecule has 4 nitrogen and oxygen atoms in total. The minimum Gasteiger partial charge on any atom is -0.330 e. The average molecular weight is 208 g/mol. The highest BCUT2D eigenvalue weighted by Gasteiger charge is 2.18. The molecule has 1 heterocycles. The van der Waals surface area contributed by atoms with E-state index < -0.39 is 0 Å². The monoisotopic (exact) mass is 208 g/mol. The van der Waals surface area contributed by atoms with Crippen LogP contribution in [0.5, 0.6) is 0 Å². The van der Waals surface area contributed by atoms with Crippen molar-refractivity contribution in [3.05, 3.63) is 11.9 Å². The quantitative estimate of drug-likeness (QED) is 0.819. The average Bonchev–Trinajstić information content (AvgIpc) is 2.76. The molecule has 1 aromatic rings. The van der Waals surface area contributed by atoms with Crippen LogP contribution in [0.1, 0.15) is 50.1 Å².